The van der Waals surface area contributed by atoms with Gasteiger partial charge in [0.2, 0.25) is 0 Å². The Morgan fingerprint density at radius 2 is 1.89 bits per heavy atom. The van der Waals surface area contributed by atoms with E-state index in [1.165, 1.54) is 5.56 Å². The van der Waals surface area contributed by atoms with Gasteiger partial charge in [0.05, 0.1) is 21.1 Å². The number of nitrogens with zero attached hydrogens (tertiary/aromatic N) is 1. The fourth-order valence-electron chi connectivity index (χ4n) is 1.67. The Kier molecular flexibility index (Phi) is 5.83. The van der Waals surface area contributed by atoms with Crippen LogP contribution in [0.3, 0.4) is 0 Å². The molecule has 0 radical (unpaired) electrons. The third-order valence-corrected chi connectivity index (χ3v) is 2.74. The minimum atomic E-state index is -0.336. The molecule has 0 saturated heterocycles. The number of alkyl carbamates (subject to hydrolysis) is 1. The van der Waals surface area contributed by atoms with Gasteiger partial charge < -0.3 is 14.5 Å². The summed E-state index contributed by atoms with van der Waals surface area (Å²) < 4.78 is 5.95. The van der Waals surface area contributed by atoms with Gasteiger partial charge in [-0.3, -0.25) is 0 Å². The average molecular weight is 265 g/mol. The molecule has 0 fully saturated rings. The maximum atomic E-state index is 11.6. The fraction of sp³-hybridized carbons (Fsp3) is 0.533. The van der Waals surface area contributed by atoms with Crippen molar-refractivity contribution >= 4 is 6.09 Å². The summed E-state index contributed by atoms with van der Waals surface area (Å²) in [6.45, 7) is 3.22. The van der Waals surface area contributed by atoms with Gasteiger partial charge in [0, 0.05) is 6.04 Å². The predicted molar refractivity (Wildman–Crippen MR) is 77.0 cm³/mol. The van der Waals surface area contributed by atoms with Gasteiger partial charge >= 0.3 is 6.09 Å². The Balaban J connectivity index is 2.25. The summed E-state index contributed by atoms with van der Waals surface area (Å²) in [5.41, 5.74) is 1.21. The van der Waals surface area contributed by atoms with Gasteiger partial charge in [0.25, 0.3) is 0 Å². The lowest BCUT2D eigenvalue weighted by molar-refractivity contribution is -0.870. The summed E-state index contributed by atoms with van der Waals surface area (Å²) in [4.78, 5) is 11.6. The van der Waals surface area contributed by atoms with Crippen molar-refractivity contribution in [1.82, 2.24) is 5.32 Å². The highest BCUT2D eigenvalue weighted by atomic mass is 16.5. The third-order valence-electron chi connectivity index (χ3n) is 2.74. The average Bonchev–Trinajstić information content (AvgIpc) is 2.28. The zero-order chi connectivity index (χ0) is 14.3. The molecule has 0 aliphatic rings. The first-order valence-corrected chi connectivity index (χ1v) is 6.64. The van der Waals surface area contributed by atoms with E-state index in [4.69, 9.17) is 4.74 Å². The van der Waals surface area contributed by atoms with Crippen LogP contribution in [-0.4, -0.2) is 50.9 Å². The van der Waals surface area contributed by atoms with Gasteiger partial charge in [-0.2, -0.15) is 0 Å². The van der Waals surface area contributed by atoms with Crippen LogP contribution in [0.4, 0.5) is 4.79 Å². The molecule has 0 bridgehead atoms. The lowest BCUT2D eigenvalue weighted by atomic mass is 10.1. The summed E-state index contributed by atoms with van der Waals surface area (Å²) in [5, 5.41) is 2.85. The first-order valence-electron chi connectivity index (χ1n) is 6.64. The Labute approximate surface area is 116 Å². The van der Waals surface area contributed by atoms with Crippen LogP contribution in [0.25, 0.3) is 0 Å². The molecule has 4 nitrogen and oxygen atoms in total. The Morgan fingerprint density at radius 3 is 2.47 bits per heavy atom. The Morgan fingerprint density at radius 1 is 1.26 bits per heavy atom. The molecule has 1 aromatic rings. The van der Waals surface area contributed by atoms with Crippen molar-refractivity contribution in [2.75, 3.05) is 34.3 Å². The van der Waals surface area contributed by atoms with Crippen molar-refractivity contribution in [3.63, 3.8) is 0 Å². The number of quaternary nitrogens is 1. The van der Waals surface area contributed by atoms with E-state index in [9.17, 15) is 4.79 Å². The minimum Gasteiger partial charge on any atom is -0.444 e. The van der Waals surface area contributed by atoms with Crippen molar-refractivity contribution in [1.29, 1.82) is 0 Å². The quantitative estimate of drug-likeness (QED) is 0.799. The number of amides is 1. The number of nitrogens with one attached hydrogen (secondary N) is 1. The number of ether oxygens (including phenoxy) is 1. The molecule has 1 aromatic carbocycles. The Hall–Kier alpha value is -1.55. The second kappa shape index (κ2) is 7.14. The molecule has 1 rings (SSSR count). The first-order chi connectivity index (χ1) is 8.87. The largest absolute Gasteiger partial charge is 0.444 e. The van der Waals surface area contributed by atoms with Crippen LogP contribution >= 0.6 is 0 Å². The van der Waals surface area contributed by atoms with Gasteiger partial charge in [-0.15, -0.1) is 0 Å². The van der Waals surface area contributed by atoms with Gasteiger partial charge in [-0.25, -0.2) is 4.79 Å². The molecule has 1 atom stereocenters. The molecular formula is C15H25N2O2+. The first kappa shape index (κ1) is 15.5. The molecule has 0 aromatic heterocycles. The number of carbonyl (C=O) groups is 1. The number of likely N-dealkylation sites (N-methyl/N-ethyl adjacent to an activating group) is 1. The molecule has 0 aliphatic carbocycles. The highest BCUT2D eigenvalue weighted by molar-refractivity contribution is 5.67. The van der Waals surface area contributed by atoms with Crippen molar-refractivity contribution in [3.05, 3.63) is 35.9 Å². The van der Waals surface area contributed by atoms with E-state index in [2.05, 4.69) is 38.6 Å². The molecule has 0 spiro atoms. The molecule has 1 unspecified atom stereocenters. The summed E-state index contributed by atoms with van der Waals surface area (Å²) in [6.07, 6.45) is 0.475. The van der Waals surface area contributed by atoms with E-state index in [0.717, 1.165) is 17.4 Å². The van der Waals surface area contributed by atoms with Gasteiger partial charge in [-0.1, -0.05) is 30.3 Å². The van der Waals surface area contributed by atoms with Crippen LogP contribution in [0.5, 0.6) is 0 Å². The molecule has 0 heterocycles. The van der Waals surface area contributed by atoms with E-state index >= 15 is 0 Å². The third kappa shape index (κ3) is 7.47. The van der Waals surface area contributed by atoms with E-state index in [1.54, 1.807) is 0 Å². The highest BCUT2D eigenvalue weighted by Gasteiger charge is 2.11. The van der Waals surface area contributed by atoms with Crippen LogP contribution in [-0.2, 0) is 11.2 Å². The summed E-state index contributed by atoms with van der Waals surface area (Å²) in [6, 6.07) is 10.2. The van der Waals surface area contributed by atoms with Crippen LogP contribution < -0.4 is 5.32 Å². The van der Waals surface area contributed by atoms with Crippen LogP contribution in [0.2, 0.25) is 0 Å². The minimum absolute atomic E-state index is 0.0685. The lowest BCUT2D eigenvalue weighted by Gasteiger charge is -2.23. The van der Waals surface area contributed by atoms with Crippen molar-refractivity contribution in [2.45, 2.75) is 19.4 Å². The van der Waals surface area contributed by atoms with E-state index < -0.39 is 0 Å². The van der Waals surface area contributed by atoms with Gasteiger partial charge in [0.1, 0.15) is 13.2 Å². The summed E-state index contributed by atoms with van der Waals surface area (Å²) in [7, 11) is 6.21. The molecule has 1 amide bonds. The lowest BCUT2D eigenvalue weighted by Crippen LogP contribution is -2.40. The van der Waals surface area contributed by atoms with Crippen LogP contribution in [0, 0.1) is 0 Å². The normalized spacial score (nSPS) is 12.8. The van der Waals surface area contributed by atoms with Crippen molar-refractivity contribution in [3.8, 4) is 0 Å². The molecule has 4 heteroatoms. The zero-order valence-corrected chi connectivity index (χ0v) is 12.3. The van der Waals surface area contributed by atoms with Crippen LogP contribution in [0.1, 0.15) is 12.5 Å². The second-order valence-electron chi connectivity index (χ2n) is 5.88. The van der Waals surface area contributed by atoms with E-state index in [1.807, 2.05) is 25.1 Å². The molecule has 1 N–H and O–H groups in total. The standard InChI is InChI=1S/C15H24N2O2/c1-13(12-14-8-6-5-7-9-14)16-15(18)19-11-10-17(2,3)4/h5-9,13H,10-12H2,1-4H3/p+1. The number of hydrogen-bond donors (Lipinski definition) is 1. The number of rotatable bonds is 6. The predicted octanol–water partition coefficient (Wildman–Crippen LogP) is 2.05. The molecule has 0 aliphatic heterocycles. The SMILES string of the molecule is CC(Cc1ccccc1)NC(=O)OCC[N+](C)(C)C. The van der Waals surface area contributed by atoms with E-state index in [0.29, 0.717) is 6.61 Å². The van der Waals surface area contributed by atoms with Crippen molar-refractivity contribution in [2.24, 2.45) is 0 Å². The number of hydrogen-bond acceptors (Lipinski definition) is 2. The topological polar surface area (TPSA) is 38.3 Å². The molecule has 0 saturated carbocycles. The second-order valence-corrected chi connectivity index (χ2v) is 5.88. The highest BCUT2D eigenvalue weighted by Crippen LogP contribution is 2.02. The number of carbonyl (C=O) groups excluding carboxylic acids is 1. The van der Waals surface area contributed by atoms with Crippen molar-refractivity contribution < 1.29 is 14.0 Å². The Bertz CT molecular complexity index is 385. The fourth-order valence-corrected chi connectivity index (χ4v) is 1.67. The van der Waals surface area contributed by atoms with Gasteiger partial charge in [0.15, 0.2) is 0 Å². The number of benzene rings is 1. The summed E-state index contributed by atoms with van der Waals surface area (Å²) in [5.74, 6) is 0. The maximum Gasteiger partial charge on any atom is 0.407 e. The van der Waals surface area contributed by atoms with Crippen LogP contribution in [0.15, 0.2) is 30.3 Å². The monoisotopic (exact) mass is 265 g/mol. The smallest absolute Gasteiger partial charge is 0.407 e. The summed E-state index contributed by atoms with van der Waals surface area (Å²) >= 11 is 0. The maximum absolute atomic E-state index is 11.6. The molecular weight excluding hydrogens is 240 g/mol. The zero-order valence-electron chi connectivity index (χ0n) is 12.3. The molecule has 19 heavy (non-hydrogen) atoms. The molecule has 106 valence electrons. The van der Waals surface area contributed by atoms with Gasteiger partial charge in [-0.05, 0) is 18.9 Å². The van der Waals surface area contributed by atoms with E-state index in [-0.39, 0.29) is 12.1 Å².